The average molecular weight is 408 g/mol. The van der Waals surface area contributed by atoms with Crippen LogP contribution in [0.2, 0.25) is 0 Å². The monoisotopic (exact) mass is 408 g/mol. The van der Waals surface area contributed by atoms with Gasteiger partial charge in [0.25, 0.3) is 5.91 Å². The molecule has 2 N–H and O–H groups in total. The molecule has 1 aromatic heterocycles. The van der Waals surface area contributed by atoms with Crippen molar-refractivity contribution in [3.8, 4) is 11.3 Å². The van der Waals surface area contributed by atoms with Crippen molar-refractivity contribution in [1.82, 2.24) is 0 Å². The number of hydrogen-bond acceptors (Lipinski definition) is 3. The van der Waals surface area contributed by atoms with Gasteiger partial charge in [-0.05, 0) is 48.5 Å². The normalized spacial score (nSPS) is 10.7. The van der Waals surface area contributed by atoms with Gasteiger partial charge in [-0.3, -0.25) is 9.59 Å². The van der Waals surface area contributed by atoms with Crippen LogP contribution in [-0.2, 0) is 4.79 Å². The highest BCUT2D eigenvalue weighted by Crippen LogP contribution is 2.22. The molecule has 0 aliphatic heterocycles. The van der Waals surface area contributed by atoms with E-state index in [0.717, 1.165) is 11.3 Å². The molecule has 0 saturated carbocycles. The molecule has 152 valence electrons. The molecule has 4 aromatic rings. The molecule has 3 aromatic carbocycles. The minimum atomic E-state index is -0.302. The second-order valence-electron chi connectivity index (χ2n) is 6.79. The van der Waals surface area contributed by atoms with E-state index >= 15 is 0 Å². The number of benzene rings is 3. The fraction of sp³-hybridized carbons (Fsp3) is 0. The maximum absolute atomic E-state index is 12.3. The molecule has 0 aliphatic carbocycles. The predicted molar refractivity (Wildman–Crippen MR) is 123 cm³/mol. The van der Waals surface area contributed by atoms with E-state index in [1.54, 1.807) is 54.6 Å². The first-order valence-electron chi connectivity index (χ1n) is 9.78. The van der Waals surface area contributed by atoms with E-state index in [9.17, 15) is 9.59 Å². The number of nitrogens with one attached hydrogen (secondary N) is 2. The number of anilines is 2. The molecule has 5 heteroatoms. The Morgan fingerprint density at radius 2 is 1.39 bits per heavy atom. The summed E-state index contributed by atoms with van der Waals surface area (Å²) in [7, 11) is 0. The molecule has 31 heavy (non-hydrogen) atoms. The van der Waals surface area contributed by atoms with Gasteiger partial charge in [-0.25, -0.2) is 0 Å². The molecule has 0 radical (unpaired) electrons. The van der Waals surface area contributed by atoms with Crippen molar-refractivity contribution in [2.24, 2.45) is 0 Å². The molecule has 0 unspecified atom stereocenters. The third-order valence-corrected chi connectivity index (χ3v) is 4.51. The molecule has 4 rings (SSSR count). The highest BCUT2D eigenvalue weighted by molar-refractivity contribution is 6.05. The second-order valence-corrected chi connectivity index (χ2v) is 6.79. The van der Waals surface area contributed by atoms with E-state index in [2.05, 4.69) is 10.6 Å². The molecular weight excluding hydrogens is 388 g/mol. The fourth-order valence-corrected chi connectivity index (χ4v) is 3.01. The Hall–Kier alpha value is -4.38. The van der Waals surface area contributed by atoms with Crippen molar-refractivity contribution in [2.45, 2.75) is 0 Å². The lowest BCUT2D eigenvalue weighted by Crippen LogP contribution is -2.12. The number of rotatable bonds is 6. The van der Waals surface area contributed by atoms with Crippen LogP contribution >= 0.6 is 0 Å². The zero-order chi connectivity index (χ0) is 21.5. The summed E-state index contributed by atoms with van der Waals surface area (Å²) in [5, 5.41) is 5.61. The lowest BCUT2D eigenvalue weighted by Gasteiger charge is -2.08. The van der Waals surface area contributed by atoms with E-state index in [1.165, 1.54) is 6.08 Å². The summed E-state index contributed by atoms with van der Waals surface area (Å²) in [6, 6.07) is 29.4. The summed E-state index contributed by atoms with van der Waals surface area (Å²) in [5.41, 5.74) is 2.70. The maximum Gasteiger partial charge on any atom is 0.255 e. The van der Waals surface area contributed by atoms with Gasteiger partial charge in [0.15, 0.2) is 0 Å². The first kappa shape index (κ1) is 19.9. The Bertz CT molecular complexity index is 1210. The molecule has 2 amide bonds. The highest BCUT2D eigenvalue weighted by atomic mass is 16.3. The van der Waals surface area contributed by atoms with E-state index in [0.29, 0.717) is 22.7 Å². The van der Waals surface area contributed by atoms with Crippen LogP contribution in [0.5, 0.6) is 0 Å². The van der Waals surface area contributed by atoms with Crippen molar-refractivity contribution in [1.29, 1.82) is 0 Å². The Labute approximate surface area is 180 Å². The maximum atomic E-state index is 12.3. The van der Waals surface area contributed by atoms with E-state index in [4.69, 9.17) is 4.42 Å². The van der Waals surface area contributed by atoms with Crippen molar-refractivity contribution in [3.05, 3.63) is 114 Å². The molecule has 0 fully saturated rings. The Morgan fingerprint density at radius 3 is 2.13 bits per heavy atom. The molecule has 5 nitrogen and oxygen atoms in total. The van der Waals surface area contributed by atoms with Crippen LogP contribution in [0.4, 0.5) is 11.4 Å². The van der Waals surface area contributed by atoms with Gasteiger partial charge in [-0.1, -0.05) is 54.6 Å². The lowest BCUT2D eigenvalue weighted by molar-refractivity contribution is -0.111. The standard InChI is InChI=1S/C26H20N2O3/c29-25(17-15-23-14-16-24(31-23)19-8-3-1-4-9-19)27-21-12-7-13-22(18-21)28-26(30)20-10-5-2-6-11-20/h1-18H,(H,27,29)(H,28,30)/b17-15+. The van der Waals surface area contributed by atoms with Crippen molar-refractivity contribution in [2.75, 3.05) is 10.6 Å². The van der Waals surface area contributed by atoms with Crippen molar-refractivity contribution < 1.29 is 14.0 Å². The minimum Gasteiger partial charge on any atom is -0.457 e. The third kappa shape index (κ3) is 5.36. The number of furan rings is 1. The molecule has 0 saturated heterocycles. The average Bonchev–Trinajstić information content (AvgIpc) is 3.28. The summed E-state index contributed by atoms with van der Waals surface area (Å²) < 4.78 is 5.76. The summed E-state index contributed by atoms with van der Waals surface area (Å²) >= 11 is 0. The van der Waals surface area contributed by atoms with E-state index in [-0.39, 0.29) is 11.8 Å². The zero-order valence-corrected chi connectivity index (χ0v) is 16.6. The summed E-state index contributed by atoms with van der Waals surface area (Å²) in [4.78, 5) is 24.6. The smallest absolute Gasteiger partial charge is 0.255 e. The van der Waals surface area contributed by atoms with Gasteiger partial charge in [-0.15, -0.1) is 0 Å². The molecule has 0 spiro atoms. The number of hydrogen-bond donors (Lipinski definition) is 2. The third-order valence-electron chi connectivity index (χ3n) is 4.51. The molecule has 0 bridgehead atoms. The molecular formula is C26H20N2O3. The summed E-state index contributed by atoms with van der Waals surface area (Å²) in [6.45, 7) is 0. The van der Waals surface area contributed by atoms with Gasteiger partial charge in [0.2, 0.25) is 5.91 Å². The predicted octanol–water partition coefficient (Wildman–Crippen LogP) is 5.85. The number of carbonyl (C=O) groups excluding carboxylic acids is 2. The highest BCUT2D eigenvalue weighted by Gasteiger charge is 2.07. The minimum absolute atomic E-state index is 0.212. The molecule has 1 heterocycles. The first-order valence-corrected chi connectivity index (χ1v) is 9.78. The summed E-state index contributed by atoms with van der Waals surface area (Å²) in [5.74, 6) is 0.806. The largest absolute Gasteiger partial charge is 0.457 e. The van der Waals surface area contributed by atoms with Gasteiger partial charge >= 0.3 is 0 Å². The zero-order valence-electron chi connectivity index (χ0n) is 16.6. The van der Waals surface area contributed by atoms with Crippen molar-refractivity contribution >= 4 is 29.3 Å². The van der Waals surface area contributed by atoms with E-state index < -0.39 is 0 Å². The molecule has 0 aliphatic rings. The van der Waals surface area contributed by atoms with Gasteiger partial charge < -0.3 is 15.1 Å². The van der Waals surface area contributed by atoms with Gasteiger partial charge in [0.05, 0.1) is 0 Å². The van der Waals surface area contributed by atoms with Crippen LogP contribution in [0.25, 0.3) is 17.4 Å². The second kappa shape index (κ2) is 9.41. The van der Waals surface area contributed by atoms with Crippen molar-refractivity contribution in [3.63, 3.8) is 0 Å². The van der Waals surface area contributed by atoms with Crippen LogP contribution in [0.3, 0.4) is 0 Å². The SMILES string of the molecule is O=C(/C=C/c1ccc(-c2ccccc2)o1)Nc1cccc(NC(=O)c2ccccc2)c1. The number of carbonyl (C=O) groups is 2. The Balaban J connectivity index is 1.37. The van der Waals surface area contributed by atoms with E-state index in [1.807, 2.05) is 48.5 Å². The Kier molecular flexibility index (Phi) is 6.05. The van der Waals surface area contributed by atoms with Crippen LogP contribution in [0, 0.1) is 0 Å². The van der Waals surface area contributed by atoms with Crippen LogP contribution < -0.4 is 10.6 Å². The Morgan fingerprint density at radius 1 is 0.710 bits per heavy atom. The lowest BCUT2D eigenvalue weighted by atomic mass is 10.2. The molecule has 0 atom stereocenters. The van der Waals surface area contributed by atoms with Crippen LogP contribution in [-0.4, -0.2) is 11.8 Å². The van der Waals surface area contributed by atoms with Gasteiger partial charge in [0, 0.05) is 28.6 Å². The van der Waals surface area contributed by atoms with Gasteiger partial charge in [0.1, 0.15) is 11.5 Å². The van der Waals surface area contributed by atoms with Crippen LogP contribution in [0.15, 0.2) is 108 Å². The fourth-order valence-electron chi connectivity index (χ4n) is 3.01. The first-order chi connectivity index (χ1) is 15.2. The topological polar surface area (TPSA) is 71.3 Å². The summed E-state index contributed by atoms with van der Waals surface area (Å²) in [6.07, 6.45) is 3.02. The van der Waals surface area contributed by atoms with Crippen LogP contribution in [0.1, 0.15) is 16.1 Å². The quantitative estimate of drug-likeness (QED) is 0.393. The van der Waals surface area contributed by atoms with Gasteiger partial charge in [-0.2, -0.15) is 0 Å². The number of amides is 2.